The fourth-order valence-corrected chi connectivity index (χ4v) is 4.80. The molecular formula is C23H20N6O3S2. The number of nitrogens with zero attached hydrogens (tertiary/aromatic N) is 5. The predicted molar refractivity (Wildman–Crippen MR) is 130 cm³/mol. The van der Waals surface area contributed by atoms with E-state index >= 15 is 0 Å². The largest absolute Gasteiger partial charge is 0.497 e. The van der Waals surface area contributed by atoms with Crippen LogP contribution in [0, 0.1) is 6.92 Å². The Kier molecular flexibility index (Phi) is 6.54. The second-order valence-corrected chi connectivity index (χ2v) is 9.39. The Balaban J connectivity index is 1.21. The number of ether oxygens (including phenoxy) is 1. The highest BCUT2D eigenvalue weighted by atomic mass is 32.2. The first-order chi connectivity index (χ1) is 16.7. The number of anilines is 1. The van der Waals surface area contributed by atoms with E-state index in [1.165, 1.54) is 23.1 Å². The third-order valence-corrected chi connectivity index (χ3v) is 6.92. The zero-order chi connectivity index (χ0) is 23.3. The highest BCUT2D eigenvalue weighted by Gasteiger charge is 2.22. The standard InChI is InChI=1S/C23H20N6O3S2/c1-14-19(20(29-32-14)16-6-4-3-5-7-16)21-26-25-18(31-21)13-33-23-28-27-22(34-23)24-12-15-8-10-17(30-2)11-9-15/h3-11H,12-13H2,1-2H3,(H,24,27). The summed E-state index contributed by atoms with van der Waals surface area (Å²) >= 11 is 2.97. The average molecular weight is 493 g/mol. The molecule has 0 aliphatic carbocycles. The van der Waals surface area contributed by atoms with E-state index in [2.05, 4.69) is 30.9 Å². The Morgan fingerprint density at radius 2 is 1.82 bits per heavy atom. The number of aromatic nitrogens is 5. The maximum absolute atomic E-state index is 5.91. The number of rotatable bonds is 9. The minimum Gasteiger partial charge on any atom is -0.497 e. The molecule has 0 saturated heterocycles. The van der Waals surface area contributed by atoms with Crippen molar-refractivity contribution in [2.75, 3.05) is 12.4 Å². The first-order valence-electron chi connectivity index (χ1n) is 10.4. The average Bonchev–Trinajstić information content (AvgIpc) is 3.62. The molecule has 2 aromatic carbocycles. The summed E-state index contributed by atoms with van der Waals surface area (Å²) in [4.78, 5) is 0. The summed E-state index contributed by atoms with van der Waals surface area (Å²) in [6.07, 6.45) is 0. The van der Waals surface area contributed by atoms with Gasteiger partial charge in [-0.05, 0) is 24.6 Å². The van der Waals surface area contributed by atoms with Gasteiger partial charge in [-0.25, -0.2) is 0 Å². The molecule has 172 valence electrons. The van der Waals surface area contributed by atoms with Gasteiger partial charge < -0.3 is 19.0 Å². The van der Waals surface area contributed by atoms with E-state index in [1.807, 2.05) is 61.5 Å². The van der Waals surface area contributed by atoms with Crippen molar-refractivity contribution in [2.24, 2.45) is 0 Å². The van der Waals surface area contributed by atoms with Gasteiger partial charge in [0.05, 0.1) is 12.9 Å². The Labute approximate surface area is 203 Å². The second-order valence-electron chi connectivity index (χ2n) is 7.19. The van der Waals surface area contributed by atoms with Crippen molar-refractivity contribution in [3.63, 3.8) is 0 Å². The Morgan fingerprint density at radius 3 is 2.62 bits per heavy atom. The third-order valence-electron chi connectivity index (χ3n) is 4.92. The molecule has 5 aromatic rings. The van der Waals surface area contributed by atoms with Crippen LogP contribution in [0.15, 0.2) is 67.9 Å². The fraction of sp³-hybridized carbons (Fsp3) is 0.174. The Bertz CT molecular complexity index is 1370. The van der Waals surface area contributed by atoms with Crippen LogP contribution in [0.3, 0.4) is 0 Å². The van der Waals surface area contributed by atoms with Crippen molar-refractivity contribution >= 4 is 28.2 Å². The second kappa shape index (κ2) is 10.1. The summed E-state index contributed by atoms with van der Waals surface area (Å²) in [6.45, 7) is 2.48. The first-order valence-corrected chi connectivity index (χ1v) is 12.2. The maximum atomic E-state index is 5.91. The summed E-state index contributed by atoms with van der Waals surface area (Å²) < 4.78 is 17.3. The van der Waals surface area contributed by atoms with Crippen LogP contribution in [0.1, 0.15) is 17.2 Å². The highest BCUT2D eigenvalue weighted by molar-refractivity contribution is 8.00. The predicted octanol–water partition coefficient (Wildman–Crippen LogP) is 5.46. The third kappa shape index (κ3) is 4.95. The van der Waals surface area contributed by atoms with Gasteiger partial charge in [0, 0.05) is 12.1 Å². The van der Waals surface area contributed by atoms with E-state index in [4.69, 9.17) is 13.7 Å². The molecule has 0 unspecified atom stereocenters. The Hall–Kier alpha value is -3.70. The van der Waals surface area contributed by atoms with E-state index in [9.17, 15) is 0 Å². The minimum atomic E-state index is 0.382. The van der Waals surface area contributed by atoms with Gasteiger partial charge in [0.15, 0.2) is 4.34 Å². The monoisotopic (exact) mass is 492 g/mol. The molecule has 0 spiro atoms. The van der Waals surface area contributed by atoms with Gasteiger partial charge in [0.2, 0.25) is 11.0 Å². The molecule has 3 aromatic heterocycles. The molecule has 0 atom stereocenters. The van der Waals surface area contributed by atoms with Gasteiger partial charge in [-0.3, -0.25) is 0 Å². The topological polar surface area (TPSA) is 112 Å². The van der Waals surface area contributed by atoms with Crippen LogP contribution in [-0.4, -0.2) is 32.7 Å². The molecule has 0 fully saturated rings. The molecule has 3 heterocycles. The van der Waals surface area contributed by atoms with E-state index in [0.29, 0.717) is 41.1 Å². The number of nitrogens with one attached hydrogen (secondary N) is 1. The smallest absolute Gasteiger partial charge is 0.253 e. The number of aryl methyl sites for hydroxylation is 1. The van der Waals surface area contributed by atoms with Crippen LogP contribution in [-0.2, 0) is 12.3 Å². The molecule has 0 aliphatic heterocycles. The van der Waals surface area contributed by atoms with Crippen molar-refractivity contribution in [3.05, 3.63) is 71.8 Å². The van der Waals surface area contributed by atoms with Gasteiger partial charge in [0.1, 0.15) is 22.8 Å². The van der Waals surface area contributed by atoms with Crippen LogP contribution < -0.4 is 10.1 Å². The van der Waals surface area contributed by atoms with Crippen molar-refractivity contribution < 1.29 is 13.7 Å². The normalized spacial score (nSPS) is 11.0. The van der Waals surface area contributed by atoms with Crippen molar-refractivity contribution in [3.8, 4) is 28.5 Å². The van der Waals surface area contributed by atoms with Gasteiger partial charge in [-0.1, -0.05) is 70.7 Å². The Morgan fingerprint density at radius 1 is 1.00 bits per heavy atom. The molecule has 11 heteroatoms. The summed E-state index contributed by atoms with van der Waals surface area (Å²) in [7, 11) is 1.65. The molecular weight excluding hydrogens is 472 g/mol. The number of methoxy groups -OCH3 is 1. The van der Waals surface area contributed by atoms with E-state index in [0.717, 1.165) is 26.3 Å². The molecule has 9 nitrogen and oxygen atoms in total. The molecule has 0 bridgehead atoms. The fourth-order valence-electron chi connectivity index (χ4n) is 3.21. The van der Waals surface area contributed by atoms with Gasteiger partial charge in [-0.15, -0.1) is 20.4 Å². The molecule has 0 aliphatic rings. The lowest BCUT2D eigenvalue weighted by atomic mass is 10.1. The van der Waals surface area contributed by atoms with Crippen LogP contribution in [0.5, 0.6) is 5.75 Å². The van der Waals surface area contributed by atoms with E-state index in [1.54, 1.807) is 7.11 Å². The number of hydrogen-bond acceptors (Lipinski definition) is 11. The summed E-state index contributed by atoms with van der Waals surface area (Å²) in [5.41, 5.74) is 3.43. The van der Waals surface area contributed by atoms with Crippen molar-refractivity contribution in [1.82, 2.24) is 25.6 Å². The summed E-state index contributed by atoms with van der Waals surface area (Å²) in [5, 5.41) is 25.0. The van der Waals surface area contributed by atoms with Gasteiger partial charge in [-0.2, -0.15) is 0 Å². The summed E-state index contributed by atoms with van der Waals surface area (Å²) in [5.74, 6) is 2.80. The molecule has 0 radical (unpaired) electrons. The molecule has 1 N–H and O–H groups in total. The highest BCUT2D eigenvalue weighted by Crippen LogP contribution is 2.34. The number of benzene rings is 2. The zero-order valence-corrected chi connectivity index (χ0v) is 20.0. The first kappa shape index (κ1) is 22.1. The quantitative estimate of drug-likeness (QED) is 0.266. The van der Waals surface area contributed by atoms with Gasteiger partial charge in [0.25, 0.3) is 5.89 Å². The lowest BCUT2D eigenvalue weighted by Crippen LogP contribution is -1.98. The van der Waals surface area contributed by atoms with Crippen molar-refractivity contribution in [1.29, 1.82) is 0 Å². The van der Waals surface area contributed by atoms with Gasteiger partial charge >= 0.3 is 0 Å². The SMILES string of the molecule is COc1ccc(CNc2nnc(SCc3nnc(-c4c(-c5ccccc5)noc4C)o3)s2)cc1. The van der Waals surface area contributed by atoms with E-state index in [-0.39, 0.29) is 0 Å². The van der Waals surface area contributed by atoms with Crippen LogP contribution in [0.25, 0.3) is 22.7 Å². The number of hydrogen-bond donors (Lipinski definition) is 1. The van der Waals surface area contributed by atoms with Crippen LogP contribution in [0.2, 0.25) is 0 Å². The van der Waals surface area contributed by atoms with Crippen LogP contribution in [0.4, 0.5) is 5.13 Å². The molecule has 34 heavy (non-hydrogen) atoms. The molecule has 5 rings (SSSR count). The summed E-state index contributed by atoms with van der Waals surface area (Å²) in [6, 6.07) is 17.6. The minimum absolute atomic E-state index is 0.382. The zero-order valence-electron chi connectivity index (χ0n) is 18.4. The lowest BCUT2D eigenvalue weighted by Gasteiger charge is -2.03. The number of thioether (sulfide) groups is 1. The van der Waals surface area contributed by atoms with Crippen LogP contribution >= 0.6 is 23.1 Å². The molecule has 0 amide bonds. The lowest BCUT2D eigenvalue weighted by molar-refractivity contribution is 0.399. The molecule has 0 saturated carbocycles. The maximum Gasteiger partial charge on any atom is 0.253 e. The van der Waals surface area contributed by atoms with E-state index < -0.39 is 0 Å². The van der Waals surface area contributed by atoms with Crippen molar-refractivity contribution in [2.45, 2.75) is 23.6 Å².